The highest BCUT2D eigenvalue weighted by Gasteiger charge is 2.14. The largest absolute Gasteiger partial charge is 0.496 e. The average molecular weight is 275 g/mol. The van der Waals surface area contributed by atoms with Crippen LogP contribution in [0.5, 0.6) is 5.75 Å². The van der Waals surface area contributed by atoms with Crippen molar-refractivity contribution in [2.75, 3.05) is 7.11 Å². The number of ether oxygens (including phenoxy) is 1. The standard InChI is InChI=1S/C13H17N5O2/c1-9-4-5-12(20-3)11(6-9)10(2)15-13(19)7-18-8-14-16-17-18/h4-6,8,10H,7H2,1-3H3,(H,15,19)/t10-/m0/s1. The molecule has 7 heteroatoms. The summed E-state index contributed by atoms with van der Waals surface area (Å²) in [5, 5.41) is 13.5. The van der Waals surface area contributed by atoms with Gasteiger partial charge in [-0.05, 0) is 30.3 Å². The minimum atomic E-state index is -0.159. The van der Waals surface area contributed by atoms with E-state index in [1.165, 1.54) is 11.0 Å². The van der Waals surface area contributed by atoms with Gasteiger partial charge in [-0.2, -0.15) is 0 Å². The second-order valence-electron chi connectivity index (χ2n) is 4.54. The first-order chi connectivity index (χ1) is 9.60. The lowest BCUT2D eigenvalue weighted by atomic mass is 10.0. The van der Waals surface area contributed by atoms with Crippen LogP contribution in [0.1, 0.15) is 24.1 Å². The molecule has 7 nitrogen and oxygen atoms in total. The van der Waals surface area contributed by atoms with Crippen molar-refractivity contribution in [3.8, 4) is 5.75 Å². The number of methoxy groups -OCH3 is 1. The zero-order valence-corrected chi connectivity index (χ0v) is 11.7. The lowest BCUT2D eigenvalue weighted by Gasteiger charge is -2.17. The van der Waals surface area contributed by atoms with Crippen LogP contribution in [0.15, 0.2) is 24.5 Å². The van der Waals surface area contributed by atoms with Crippen LogP contribution >= 0.6 is 0 Å². The Labute approximate surface area is 116 Å². The third-order valence-corrected chi connectivity index (χ3v) is 2.93. The summed E-state index contributed by atoms with van der Waals surface area (Å²) >= 11 is 0. The van der Waals surface area contributed by atoms with Gasteiger partial charge in [0, 0.05) is 5.56 Å². The summed E-state index contributed by atoms with van der Waals surface area (Å²) in [7, 11) is 1.61. The predicted molar refractivity (Wildman–Crippen MR) is 72.1 cm³/mol. The number of nitrogens with zero attached hydrogens (tertiary/aromatic N) is 4. The molecule has 1 heterocycles. The number of carbonyl (C=O) groups is 1. The predicted octanol–water partition coefficient (Wildman–Crippen LogP) is 0.868. The van der Waals surface area contributed by atoms with E-state index >= 15 is 0 Å². The average Bonchev–Trinajstić information content (AvgIpc) is 2.91. The molecule has 0 aliphatic rings. The quantitative estimate of drug-likeness (QED) is 0.875. The first-order valence-electron chi connectivity index (χ1n) is 6.25. The summed E-state index contributed by atoms with van der Waals surface area (Å²) in [5.41, 5.74) is 2.06. The fourth-order valence-electron chi connectivity index (χ4n) is 1.96. The Hall–Kier alpha value is -2.44. The van der Waals surface area contributed by atoms with Gasteiger partial charge in [0.05, 0.1) is 13.2 Å². The fraction of sp³-hybridized carbons (Fsp3) is 0.385. The molecule has 20 heavy (non-hydrogen) atoms. The zero-order valence-electron chi connectivity index (χ0n) is 11.7. The van der Waals surface area contributed by atoms with Crippen LogP contribution in [-0.4, -0.2) is 33.2 Å². The van der Waals surface area contributed by atoms with E-state index in [1.807, 2.05) is 32.0 Å². The number of hydrogen-bond donors (Lipinski definition) is 1. The molecule has 0 spiro atoms. The number of hydrogen-bond acceptors (Lipinski definition) is 5. The van der Waals surface area contributed by atoms with Gasteiger partial charge in [0.15, 0.2) is 0 Å². The van der Waals surface area contributed by atoms with Crippen LogP contribution in [0.3, 0.4) is 0 Å². The van der Waals surface area contributed by atoms with Crippen molar-refractivity contribution >= 4 is 5.91 Å². The molecule has 0 unspecified atom stereocenters. The van der Waals surface area contributed by atoms with Crippen molar-refractivity contribution in [3.05, 3.63) is 35.7 Å². The van der Waals surface area contributed by atoms with E-state index in [1.54, 1.807) is 7.11 Å². The van der Waals surface area contributed by atoms with Gasteiger partial charge < -0.3 is 10.1 Å². The van der Waals surface area contributed by atoms with Crippen LogP contribution in [0.25, 0.3) is 0 Å². The van der Waals surface area contributed by atoms with Crippen LogP contribution in [0.4, 0.5) is 0 Å². The second-order valence-corrected chi connectivity index (χ2v) is 4.54. The molecular formula is C13H17N5O2. The highest BCUT2D eigenvalue weighted by atomic mass is 16.5. The summed E-state index contributed by atoms with van der Waals surface area (Å²) < 4.78 is 6.69. The fourth-order valence-corrected chi connectivity index (χ4v) is 1.96. The Balaban J connectivity index is 2.06. The van der Waals surface area contributed by atoms with Crippen LogP contribution in [0.2, 0.25) is 0 Å². The molecule has 0 aliphatic heterocycles. The molecule has 0 fully saturated rings. The summed E-state index contributed by atoms with van der Waals surface area (Å²) in [6, 6.07) is 5.71. The molecule has 0 radical (unpaired) electrons. The Bertz CT molecular complexity index is 582. The summed E-state index contributed by atoms with van der Waals surface area (Å²) in [6.45, 7) is 4.00. The Kier molecular flexibility index (Phi) is 4.29. The van der Waals surface area contributed by atoms with Crippen molar-refractivity contribution in [2.45, 2.75) is 26.4 Å². The number of rotatable bonds is 5. The molecule has 1 N–H and O–H groups in total. The number of amides is 1. The Morgan fingerprint density at radius 3 is 2.95 bits per heavy atom. The molecule has 1 aromatic heterocycles. The van der Waals surface area contributed by atoms with Crippen molar-refractivity contribution < 1.29 is 9.53 Å². The van der Waals surface area contributed by atoms with Crippen molar-refractivity contribution in [2.24, 2.45) is 0 Å². The maximum absolute atomic E-state index is 11.9. The lowest BCUT2D eigenvalue weighted by molar-refractivity contribution is -0.122. The first kappa shape index (κ1) is 14.0. The van der Waals surface area contributed by atoms with Gasteiger partial charge in [0.2, 0.25) is 5.91 Å². The minimum absolute atomic E-state index is 0.0888. The maximum atomic E-state index is 11.9. The van der Waals surface area contributed by atoms with Gasteiger partial charge in [-0.1, -0.05) is 17.7 Å². The van der Waals surface area contributed by atoms with Crippen LogP contribution in [-0.2, 0) is 11.3 Å². The monoisotopic (exact) mass is 275 g/mol. The highest BCUT2D eigenvalue weighted by molar-refractivity contribution is 5.76. The molecule has 0 aliphatic carbocycles. The molecule has 2 aromatic rings. The molecule has 1 atom stereocenters. The van der Waals surface area contributed by atoms with Gasteiger partial charge in [0.25, 0.3) is 0 Å². The van der Waals surface area contributed by atoms with Gasteiger partial charge in [-0.15, -0.1) is 5.10 Å². The van der Waals surface area contributed by atoms with Crippen molar-refractivity contribution in [1.82, 2.24) is 25.5 Å². The lowest BCUT2D eigenvalue weighted by Crippen LogP contribution is -2.30. The van der Waals surface area contributed by atoms with Crippen molar-refractivity contribution in [1.29, 1.82) is 0 Å². The third-order valence-electron chi connectivity index (χ3n) is 2.93. The normalized spacial score (nSPS) is 11.9. The van der Waals surface area contributed by atoms with E-state index in [9.17, 15) is 4.79 Å². The Morgan fingerprint density at radius 1 is 1.50 bits per heavy atom. The number of aromatic nitrogens is 4. The van der Waals surface area contributed by atoms with Crippen LogP contribution in [0, 0.1) is 6.92 Å². The minimum Gasteiger partial charge on any atom is -0.496 e. The molecule has 0 bridgehead atoms. The summed E-state index contributed by atoms with van der Waals surface area (Å²) in [5.74, 6) is 0.596. The molecule has 0 saturated carbocycles. The molecule has 0 saturated heterocycles. The number of carbonyl (C=O) groups excluding carboxylic acids is 1. The smallest absolute Gasteiger partial charge is 0.242 e. The van der Waals surface area contributed by atoms with Gasteiger partial charge in [0.1, 0.15) is 18.6 Å². The number of tetrazole rings is 1. The number of nitrogens with one attached hydrogen (secondary N) is 1. The molecule has 1 aromatic carbocycles. The third kappa shape index (κ3) is 3.31. The van der Waals surface area contributed by atoms with Gasteiger partial charge in [-0.3, -0.25) is 4.79 Å². The SMILES string of the molecule is COc1ccc(C)cc1[C@H](C)NC(=O)Cn1cnnn1. The number of benzene rings is 1. The van der Waals surface area contributed by atoms with E-state index in [2.05, 4.69) is 20.8 Å². The molecule has 1 amide bonds. The van der Waals surface area contributed by atoms with E-state index in [4.69, 9.17) is 4.74 Å². The van der Waals surface area contributed by atoms with E-state index < -0.39 is 0 Å². The molecule has 2 rings (SSSR count). The van der Waals surface area contributed by atoms with Gasteiger partial charge in [-0.25, -0.2) is 4.68 Å². The zero-order chi connectivity index (χ0) is 14.5. The van der Waals surface area contributed by atoms with Crippen molar-refractivity contribution in [3.63, 3.8) is 0 Å². The number of aryl methyl sites for hydroxylation is 1. The maximum Gasteiger partial charge on any atom is 0.242 e. The van der Waals surface area contributed by atoms with E-state index in [0.717, 1.165) is 16.9 Å². The first-order valence-corrected chi connectivity index (χ1v) is 6.25. The van der Waals surface area contributed by atoms with E-state index in [0.29, 0.717) is 0 Å². The topological polar surface area (TPSA) is 81.9 Å². The Morgan fingerprint density at radius 2 is 2.30 bits per heavy atom. The van der Waals surface area contributed by atoms with E-state index in [-0.39, 0.29) is 18.5 Å². The molecular weight excluding hydrogens is 258 g/mol. The van der Waals surface area contributed by atoms with Crippen LogP contribution < -0.4 is 10.1 Å². The second kappa shape index (κ2) is 6.14. The molecule has 106 valence electrons. The van der Waals surface area contributed by atoms with Gasteiger partial charge >= 0.3 is 0 Å². The highest BCUT2D eigenvalue weighted by Crippen LogP contribution is 2.25. The summed E-state index contributed by atoms with van der Waals surface area (Å²) in [4.78, 5) is 11.9. The summed E-state index contributed by atoms with van der Waals surface area (Å²) in [6.07, 6.45) is 1.40.